The molecule has 0 radical (unpaired) electrons. The van der Waals surface area contributed by atoms with Crippen LogP contribution >= 0.6 is 12.4 Å². The van der Waals surface area contributed by atoms with E-state index < -0.39 is 24.3 Å². The van der Waals surface area contributed by atoms with Crippen LogP contribution in [0.3, 0.4) is 0 Å². The van der Waals surface area contributed by atoms with Crippen molar-refractivity contribution in [2.75, 3.05) is 11.1 Å². The van der Waals surface area contributed by atoms with Gasteiger partial charge in [-0.3, -0.25) is 14.4 Å². The summed E-state index contributed by atoms with van der Waals surface area (Å²) < 4.78 is 14.7. The fourth-order valence-electron chi connectivity index (χ4n) is 4.61. The molecule has 0 fully saturated rings. The molecule has 11 heteroatoms. The van der Waals surface area contributed by atoms with Gasteiger partial charge in [0.1, 0.15) is 5.82 Å². The first kappa shape index (κ1) is 28.2. The van der Waals surface area contributed by atoms with Crippen molar-refractivity contribution >= 4 is 63.4 Å². The smallest absolute Gasteiger partial charge is 0.305 e. The molecule has 1 atom stereocenters. The lowest BCUT2D eigenvalue weighted by molar-refractivity contribution is -0.137. The van der Waals surface area contributed by atoms with Crippen molar-refractivity contribution in [1.82, 2.24) is 9.78 Å². The number of carbonyl (C=O) groups excluding carboxylic acids is 2. The molecule has 0 saturated heterocycles. The molecule has 0 aliphatic carbocycles. The van der Waals surface area contributed by atoms with Gasteiger partial charge in [-0.15, -0.1) is 17.5 Å². The van der Waals surface area contributed by atoms with E-state index in [9.17, 15) is 18.8 Å². The largest absolute Gasteiger partial charge is 0.481 e. The van der Waals surface area contributed by atoms with Gasteiger partial charge < -0.3 is 21.9 Å². The maximum absolute atomic E-state index is 13.6. The summed E-state index contributed by atoms with van der Waals surface area (Å²) in [7, 11) is 0. The third kappa shape index (κ3) is 5.22. The van der Waals surface area contributed by atoms with Gasteiger partial charge in [-0.05, 0) is 70.8 Å². The highest BCUT2D eigenvalue weighted by atomic mass is 35.5. The van der Waals surface area contributed by atoms with Gasteiger partial charge in [0.05, 0.1) is 23.4 Å². The Hall–Kier alpha value is -4.80. The Balaban J connectivity index is 0.00000370. The van der Waals surface area contributed by atoms with Crippen molar-refractivity contribution in [3.05, 3.63) is 89.7 Å². The Bertz CT molecular complexity index is 1800. The third-order valence-electron chi connectivity index (χ3n) is 6.51. The van der Waals surface area contributed by atoms with E-state index in [2.05, 4.69) is 10.4 Å². The van der Waals surface area contributed by atoms with E-state index >= 15 is 0 Å². The zero-order chi connectivity index (χ0) is 27.8. The molecule has 0 spiro atoms. The minimum absolute atomic E-state index is 0. The first-order valence-electron chi connectivity index (χ1n) is 12.0. The molecule has 1 heterocycles. The molecule has 204 valence electrons. The van der Waals surface area contributed by atoms with E-state index in [-0.39, 0.29) is 29.9 Å². The molecule has 1 unspecified atom stereocenters. The number of nitrogens with one attached hydrogen (secondary N) is 1. The van der Waals surface area contributed by atoms with Crippen LogP contribution in [0.4, 0.5) is 15.9 Å². The van der Waals surface area contributed by atoms with Crippen LogP contribution in [-0.2, 0) is 4.79 Å². The number of halogens is 2. The Labute approximate surface area is 234 Å². The number of aromatic nitrogens is 2. The van der Waals surface area contributed by atoms with E-state index in [4.69, 9.17) is 16.6 Å². The highest BCUT2D eigenvalue weighted by Crippen LogP contribution is 2.35. The summed E-state index contributed by atoms with van der Waals surface area (Å²) in [6.07, 6.45) is -0.541. The fraction of sp³-hybridized carbons (Fsp3) is 0.103. The molecule has 4 aromatic carbocycles. The van der Waals surface area contributed by atoms with Crippen molar-refractivity contribution in [3.8, 4) is 11.1 Å². The number of hydrogen-bond donors (Lipinski definition) is 4. The minimum Gasteiger partial charge on any atom is -0.481 e. The number of aliphatic carboxylic acids is 1. The molecule has 1 amide bonds. The van der Waals surface area contributed by atoms with Crippen LogP contribution in [0, 0.1) is 12.7 Å². The van der Waals surface area contributed by atoms with Crippen molar-refractivity contribution in [3.63, 3.8) is 0 Å². The summed E-state index contributed by atoms with van der Waals surface area (Å²) in [5.74, 6) is -2.46. The van der Waals surface area contributed by atoms with Crippen molar-refractivity contribution < 1.29 is 23.9 Å². The van der Waals surface area contributed by atoms with Crippen LogP contribution in [0.1, 0.15) is 27.1 Å². The molecule has 0 aliphatic heterocycles. The fourth-order valence-corrected chi connectivity index (χ4v) is 4.61. The Morgan fingerprint density at radius 1 is 1.05 bits per heavy atom. The highest BCUT2D eigenvalue weighted by Gasteiger charge is 2.24. The van der Waals surface area contributed by atoms with Crippen LogP contribution in [0.2, 0.25) is 0 Å². The van der Waals surface area contributed by atoms with Crippen LogP contribution in [-0.4, -0.2) is 38.7 Å². The zero-order valence-electron chi connectivity index (χ0n) is 21.2. The van der Waals surface area contributed by atoms with Gasteiger partial charge in [0.25, 0.3) is 11.8 Å². The minimum atomic E-state index is -1.28. The summed E-state index contributed by atoms with van der Waals surface area (Å²) in [6.45, 7) is 1.63. The van der Waals surface area contributed by atoms with Crippen LogP contribution in [0.5, 0.6) is 0 Å². The van der Waals surface area contributed by atoms with E-state index in [1.807, 2.05) is 30.3 Å². The second kappa shape index (κ2) is 11.1. The maximum atomic E-state index is 13.6. The number of carboxylic acid groups (broad SMARTS) is 1. The number of aryl methyl sites for hydroxylation is 1. The topological polar surface area (TPSA) is 153 Å². The molecule has 6 N–H and O–H groups in total. The Morgan fingerprint density at radius 2 is 1.80 bits per heavy atom. The van der Waals surface area contributed by atoms with Crippen molar-refractivity contribution in [1.29, 1.82) is 0 Å². The van der Waals surface area contributed by atoms with Gasteiger partial charge in [-0.2, -0.15) is 4.68 Å². The van der Waals surface area contributed by atoms with Gasteiger partial charge in [-0.25, -0.2) is 4.39 Å². The third-order valence-corrected chi connectivity index (χ3v) is 6.51. The number of benzene rings is 4. The number of fused-ring (bicyclic) bond motifs is 2. The number of nitrogens with two attached hydrogens (primary N) is 2. The van der Waals surface area contributed by atoms with Gasteiger partial charge in [0.2, 0.25) is 0 Å². The summed E-state index contributed by atoms with van der Waals surface area (Å²) in [4.78, 5) is 36.9. The Kier molecular flexibility index (Phi) is 7.85. The molecular weight excluding hydrogens is 537 g/mol. The molecule has 0 bridgehead atoms. The lowest BCUT2D eigenvalue weighted by atomic mass is 9.96. The van der Waals surface area contributed by atoms with Crippen LogP contribution in [0.15, 0.2) is 72.8 Å². The second-order valence-corrected chi connectivity index (χ2v) is 9.20. The van der Waals surface area contributed by atoms with E-state index in [1.165, 1.54) is 12.1 Å². The molecule has 0 saturated carbocycles. The lowest BCUT2D eigenvalue weighted by Gasteiger charge is -2.11. The van der Waals surface area contributed by atoms with Gasteiger partial charge in [0, 0.05) is 11.3 Å². The molecule has 40 heavy (non-hydrogen) atoms. The van der Waals surface area contributed by atoms with Crippen LogP contribution in [0.25, 0.3) is 32.8 Å². The number of amides is 1. The molecule has 5 aromatic rings. The second-order valence-electron chi connectivity index (χ2n) is 9.20. The molecule has 0 aliphatic rings. The van der Waals surface area contributed by atoms with Crippen molar-refractivity contribution in [2.24, 2.45) is 5.73 Å². The predicted octanol–water partition coefficient (Wildman–Crippen LogP) is 5.00. The Morgan fingerprint density at radius 3 is 2.52 bits per heavy atom. The average molecular weight is 562 g/mol. The summed E-state index contributed by atoms with van der Waals surface area (Å²) in [5.41, 5.74) is 15.2. The lowest BCUT2D eigenvalue weighted by Crippen LogP contribution is -2.37. The quantitative estimate of drug-likeness (QED) is 0.227. The summed E-state index contributed by atoms with van der Waals surface area (Å²) in [5, 5.41) is 18.0. The first-order valence-corrected chi connectivity index (χ1v) is 12.0. The molecule has 1 aromatic heterocycles. The van der Waals surface area contributed by atoms with Crippen LogP contribution < -0.4 is 16.8 Å². The number of rotatable bonds is 6. The molecule has 5 rings (SSSR count). The number of nitrogen functional groups attached to an aromatic ring is 1. The van der Waals surface area contributed by atoms with E-state index in [0.717, 1.165) is 15.6 Å². The molecule has 9 nitrogen and oxygen atoms in total. The van der Waals surface area contributed by atoms with Crippen molar-refractivity contribution in [2.45, 2.75) is 19.4 Å². The SMILES string of the molecule is Cc1cc(NC(=O)c2cccc3cc(-c4cccc5c4c(N)nn5C(=O)C(N)CC(=O)O)ccc23)ccc1F.Cl. The number of hydrogen-bond acceptors (Lipinski definition) is 6. The summed E-state index contributed by atoms with van der Waals surface area (Å²) in [6, 6.07) is 19.3. The predicted molar refractivity (Wildman–Crippen MR) is 154 cm³/mol. The van der Waals surface area contributed by atoms with Gasteiger partial charge >= 0.3 is 5.97 Å². The average Bonchev–Trinajstić information content (AvgIpc) is 3.25. The normalized spacial score (nSPS) is 11.7. The number of nitrogens with zero attached hydrogens (tertiary/aromatic N) is 2. The number of anilines is 2. The van der Waals surface area contributed by atoms with Gasteiger partial charge in [-0.1, -0.05) is 36.4 Å². The summed E-state index contributed by atoms with van der Waals surface area (Å²) >= 11 is 0. The molecular formula is C29H25ClFN5O4. The van der Waals surface area contributed by atoms with Gasteiger partial charge in [0.15, 0.2) is 5.82 Å². The van der Waals surface area contributed by atoms with E-state index in [1.54, 1.807) is 37.3 Å². The zero-order valence-corrected chi connectivity index (χ0v) is 22.0. The monoisotopic (exact) mass is 561 g/mol. The maximum Gasteiger partial charge on any atom is 0.305 e. The highest BCUT2D eigenvalue weighted by molar-refractivity contribution is 6.14. The van der Waals surface area contributed by atoms with E-state index in [0.29, 0.717) is 38.7 Å². The number of carbonyl (C=O) groups is 3. The standard InChI is InChI=1S/C29H24FN5O4.ClH/c1-15-12-18(9-11-22(15)30)33-28(38)21-6-2-4-16-13-17(8-10-19(16)21)20-5-3-7-24-26(20)27(32)34-35(24)29(39)23(31)14-25(36)37;/h2-13,23H,14,31H2,1H3,(H2,32,34)(H,33,38)(H,36,37);1H. The first-order chi connectivity index (χ1) is 18.6. The number of carboxylic acids is 1.